The normalized spacial score (nSPS) is 24.4. The summed E-state index contributed by atoms with van der Waals surface area (Å²) < 4.78 is 14.9. The molecule has 0 amide bonds. The summed E-state index contributed by atoms with van der Waals surface area (Å²) in [6, 6.07) is 0.450. The van der Waals surface area contributed by atoms with Gasteiger partial charge < -0.3 is 15.9 Å². The van der Waals surface area contributed by atoms with Crippen LogP contribution in [-0.4, -0.2) is 32.5 Å². The van der Waals surface area contributed by atoms with E-state index in [0.29, 0.717) is 0 Å². The molecular weight excluding hydrogens is 229 g/mol. The maximum atomic E-state index is 13.8. The number of aliphatic hydroxyl groups is 2. The number of nitrogens with two attached hydrogens (primary N) is 1. The van der Waals surface area contributed by atoms with E-state index in [-0.39, 0.29) is 17.8 Å². The molecule has 0 spiro atoms. The first kappa shape index (κ1) is 11.7. The van der Waals surface area contributed by atoms with Crippen molar-refractivity contribution in [1.82, 2.24) is 9.55 Å². The summed E-state index contributed by atoms with van der Waals surface area (Å²) in [5.41, 5.74) is 4.55. The molecule has 92 valence electrons. The number of allylic oxidation sites excluding steroid dienone is 1. The molecule has 0 radical (unpaired) electrons. The average molecular weight is 241 g/mol. The van der Waals surface area contributed by atoms with Crippen LogP contribution >= 0.6 is 0 Å². The zero-order valence-electron chi connectivity index (χ0n) is 8.88. The third kappa shape index (κ3) is 1.94. The number of anilines is 1. The predicted molar refractivity (Wildman–Crippen MR) is 57.8 cm³/mol. The molecule has 0 bridgehead atoms. The van der Waals surface area contributed by atoms with Gasteiger partial charge in [0.15, 0.2) is 0 Å². The van der Waals surface area contributed by atoms with Crippen molar-refractivity contribution in [1.29, 1.82) is 0 Å². The molecule has 4 N–H and O–H groups in total. The van der Waals surface area contributed by atoms with Crippen molar-refractivity contribution in [2.24, 2.45) is 0 Å². The second-order valence-corrected chi connectivity index (χ2v) is 3.84. The fourth-order valence-corrected chi connectivity index (χ4v) is 1.91. The average Bonchev–Trinajstić information content (AvgIpc) is 2.54. The topological polar surface area (TPSA) is 101 Å². The molecule has 7 heteroatoms. The molecule has 2 rings (SSSR count). The Bertz CT molecular complexity index is 526. The van der Waals surface area contributed by atoms with Gasteiger partial charge in [-0.05, 0) is 6.07 Å². The summed E-state index contributed by atoms with van der Waals surface area (Å²) in [6.45, 7) is -0.569. The van der Waals surface area contributed by atoms with Crippen LogP contribution in [0.1, 0.15) is 12.5 Å². The van der Waals surface area contributed by atoms with E-state index in [0.717, 1.165) is 4.57 Å². The highest BCUT2D eigenvalue weighted by molar-refractivity contribution is 5.27. The number of nitrogens with zero attached hydrogens (tertiary/aromatic N) is 2. The molecule has 1 heterocycles. The molecule has 0 saturated carbocycles. The third-order valence-electron chi connectivity index (χ3n) is 2.81. The highest BCUT2D eigenvalue weighted by Crippen LogP contribution is 2.35. The van der Waals surface area contributed by atoms with Gasteiger partial charge in [-0.2, -0.15) is 4.98 Å². The SMILES string of the molecule is Nc1ccn(C2CC(O)C(CO)=C2F)c(=O)n1. The van der Waals surface area contributed by atoms with E-state index in [1.807, 2.05) is 0 Å². The number of nitrogen functional groups attached to an aromatic ring is 1. The number of aromatic nitrogens is 2. The van der Waals surface area contributed by atoms with E-state index >= 15 is 0 Å². The standard InChI is InChI=1S/C10H12FN3O3/c11-9-5(4-15)7(16)3-6(9)14-2-1-8(12)13-10(14)17/h1-2,6-7,15-16H,3-4H2,(H2,12,13,17). The van der Waals surface area contributed by atoms with Crippen LogP contribution < -0.4 is 11.4 Å². The fraction of sp³-hybridized carbons (Fsp3) is 0.400. The number of aliphatic hydroxyl groups excluding tert-OH is 2. The minimum absolute atomic E-state index is 0.00717. The van der Waals surface area contributed by atoms with Crippen LogP contribution in [0.2, 0.25) is 0 Å². The molecule has 1 aliphatic rings. The molecule has 17 heavy (non-hydrogen) atoms. The number of hydrogen-bond donors (Lipinski definition) is 3. The maximum absolute atomic E-state index is 13.8. The second kappa shape index (κ2) is 4.27. The Hall–Kier alpha value is -1.73. The molecule has 1 aliphatic carbocycles. The minimum Gasteiger partial charge on any atom is -0.392 e. The summed E-state index contributed by atoms with van der Waals surface area (Å²) in [7, 11) is 0. The zero-order chi connectivity index (χ0) is 12.6. The van der Waals surface area contributed by atoms with Crippen molar-refractivity contribution < 1.29 is 14.6 Å². The van der Waals surface area contributed by atoms with Crippen LogP contribution in [0.5, 0.6) is 0 Å². The first-order valence-corrected chi connectivity index (χ1v) is 5.06. The van der Waals surface area contributed by atoms with Crippen molar-refractivity contribution in [3.63, 3.8) is 0 Å². The quantitative estimate of drug-likeness (QED) is 0.638. The van der Waals surface area contributed by atoms with E-state index in [1.165, 1.54) is 12.3 Å². The van der Waals surface area contributed by atoms with Crippen LogP contribution in [0.15, 0.2) is 28.5 Å². The number of halogens is 1. The van der Waals surface area contributed by atoms with E-state index in [1.54, 1.807) is 0 Å². The molecule has 0 aliphatic heterocycles. The smallest absolute Gasteiger partial charge is 0.350 e. The van der Waals surface area contributed by atoms with Gasteiger partial charge in [0.25, 0.3) is 0 Å². The van der Waals surface area contributed by atoms with Gasteiger partial charge in [-0.1, -0.05) is 0 Å². The van der Waals surface area contributed by atoms with Crippen molar-refractivity contribution in [2.75, 3.05) is 12.3 Å². The lowest BCUT2D eigenvalue weighted by Gasteiger charge is -2.12. The van der Waals surface area contributed by atoms with E-state index in [9.17, 15) is 14.3 Å². The second-order valence-electron chi connectivity index (χ2n) is 3.84. The highest BCUT2D eigenvalue weighted by Gasteiger charge is 2.34. The van der Waals surface area contributed by atoms with Crippen molar-refractivity contribution in [3.05, 3.63) is 34.1 Å². The van der Waals surface area contributed by atoms with Crippen LogP contribution in [0.4, 0.5) is 10.2 Å². The lowest BCUT2D eigenvalue weighted by Crippen LogP contribution is -2.27. The molecule has 1 aromatic rings. The highest BCUT2D eigenvalue weighted by atomic mass is 19.1. The lowest BCUT2D eigenvalue weighted by molar-refractivity contribution is 0.181. The number of hydrogen-bond acceptors (Lipinski definition) is 5. The van der Waals surface area contributed by atoms with Crippen LogP contribution in [0, 0.1) is 0 Å². The Morgan fingerprint density at radius 2 is 2.35 bits per heavy atom. The van der Waals surface area contributed by atoms with Gasteiger partial charge in [-0.15, -0.1) is 0 Å². The molecule has 2 unspecified atom stereocenters. The first-order chi connectivity index (χ1) is 8.04. The summed E-state index contributed by atoms with van der Waals surface area (Å²) in [5, 5.41) is 18.4. The van der Waals surface area contributed by atoms with Crippen molar-refractivity contribution in [2.45, 2.75) is 18.6 Å². The van der Waals surface area contributed by atoms with Crippen molar-refractivity contribution >= 4 is 5.82 Å². The molecule has 2 atom stereocenters. The van der Waals surface area contributed by atoms with Gasteiger partial charge in [-0.25, -0.2) is 9.18 Å². The maximum Gasteiger partial charge on any atom is 0.350 e. The first-order valence-electron chi connectivity index (χ1n) is 5.06. The molecule has 6 nitrogen and oxygen atoms in total. The van der Waals surface area contributed by atoms with Gasteiger partial charge in [-0.3, -0.25) is 4.57 Å². The van der Waals surface area contributed by atoms with E-state index < -0.39 is 30.3 Å². The molecule has 1 aromatic heterocycles. The monoisotopic (exact) mass is 241 g/mol. The molecular formula is C10H12FN3O3. The van der Waals surface area contributed by atoms with Gasteiger partial charge in [0.2, 0.25) is 0 Å². The van der Waals surface area contributed by atoms with Gasteiger partial charge in [0, 0.05) is 18.2 Å². The fourth-order valence-electron chi connectivity index (χ4n) is 1.91. The van der Waals surface area contributed by atoms with Crippen LogP contribution in [0.3, 0.4) is 0 Å². The molecule has 0 saturated heterocycles. The Balaban J connectivity index is 2.43. The van der Waals surface area contributed by atoms with E-state index in [2.05, 4.69) is 4.98 Å². The van der Waals surface area contributed by atoms with Crippen molar-refractivity contribution in [3.8, 4) is 0 Å². The Morgan fingerprint density at radius 3 is 2.88 bits per heavy atom. The zero-order valence-corrected chi connectivity index (χ0v) is 8.88. The van der Waals surface area contributed by atoms with Gasteiger partial charge in [0.1, 0.15) is 11.6 Å². The van der Waals surface area contributed by atoms with E-state index in [4.69, 9.17) is 10.8 Å². The summed E-state index contributed by atoms with van der Waals surface area (Å²) >= 11 is 0. The lowest BCUT2D eigenvalue weighted by atomic mass is 10.2. The van der Waals surface area contributed by atoms with Gasteiger partial charge >= 0.3 is 5.69 Å². The summed E-state index contributed by atoms with van der Waals surface area (Å²) in [4.78, 5) is 15.0. The minimum atomic E-state index is -1.07. The molecule has 0 fully saturated rings. The van der Waals surface area contributed by atoms with Crippen LogP contribution in [0.25, 0.3) is 0 Å². The predicted octanol–water partition coefficient (Wildman–Crippen LogP) is -0.653. The Kier molecular flexibility index (Phi) is 2.95. The summed E-state index contributed by atoms with van der Waals surface area (Å²) in [5.74, 6) is -0.634. The third-order valence-corrected chi connectivity index (χ3v) is 2.81. The largest absolute Gasteiger partial charge is 0.392 e. The molecule has 0 aromatic carbocycles. The van der Waals surface area contributed by atoms with Crippen LogP contribution in [-0.2, 0) is 0 Å². The Morgan fingerprint density at radius 1 is 1.65 bits per heavy atom. The summed E-state index contributed by atoms with van der Waals surface area (Å²) in [6.07, 6.45) is 0.254. The Labute approximate surface area is 95.8 Å². The van der Waals surface area contributed by atoms with Gasteiger partial charge in [0.05, 0.1) is 18.8 Å². The number of rotatable bonds is 2.